The summed E-state index contributed by atoms with van der Waals surface area (Å²) < 4.78 is 14.3. The molecule has 1 aromatic carbocycles. The maximum atomic E-state index is 14.3. The van der Waals surface area contributed by atoms with Crippen LogP contribution in [0.2, 0.25) is 0 Å². The minimum absolute atomic E-state index is 0.0463. The third-order valence-electron chi connectivity index (χ3n) is 4.89. The van der Waals surface area contributed by atoms with Crippen molar-refractivity contribution in [1.29, 1.82) is 0 Å². The van der Waals surface area contributed by atoms with Crippen molar-refractivity contribution in [3.8, 4) is 0 Å². The zero-order valence-corrected chi connectivity index (χ0v) is 17.2. The number of nitrogens with zero attached hydrogens (tertiary/aromatic N) is 2. The minimum atomic E-state index is -0.537. The molecular weight excluding hydrogens is 361 g/mol. The van der Waals surface area contributed by atoms with Gasteiger partial charge in [-0.3, -0.25) is 19.3 Å². The summed E-state index contributed by atoms with van der Waals surface area (Å²) in [6.45, 7) is 10.0. The molecule has 1 aromatic rings. The molecule has 0 aromatic heterocycles. The average Bonchev–Trinajstić information content (AvgIpc) is 2.58. The largest absolute Gasteiger partial charge is 0.367 e. The van der Waals surface area contributed by atoms with Crippen LogP contribution >= 0.6 is 0 Å². The number of hydrogen-bond acceptors (Lipinski definition) is 5. The molecule has 6 nitrogen and oxygen atoms in total. The Bertz CT molecular complexity index is 740. The first-order chi connectivity index (χ1) is 13.1. The van der Waals surface area contributed by atoms with Gasteiger partial charge in [0.15, 0.2) is 5.78 Å². The van der Waals surface area contributed by atoms with Crippen molar-refractivity contribution in [2.75, 3.05) is 37.6 Å². The van der Waals surface area contributed by atoms with E-state index in [0.717, 1.165) is 13.1 Å². The highest BCUT2D eigenvalue weighted by molar-refractivity contribution is 5.94. The van der Waals surface area contributed by atoms with Crippen molar-refractivity contribution < 1.29 is 18.8 Å². The van der Waals surface area contributed by atoms with Gasteiger partial charge in [-0.25, -0.2) is 4.39 Å². The number of benzene rings is 1. The fourth-order valence-electron chi connectivity index (χ4n) is 3.56. The molecule has 1 heterocycles. The molecule has 1 fully saturated rings. The highest BCUT2D eigenvalue weighted by Gasteiger charge is 2.24. The molecule has 0 spiro atoms. The van der Waals surface area contributed by atoms with Crippen molar-refractivity contribution in [2.45, 2.75) is 46.1 Å². The number of amides is 1. The molecule has 1 aliphatic heterocycles. The van der Waals surface area contributed by atoms with Crippen molar-refractivity contribution in [1.82, 2.24) is 10.2 Å². The second-order valence-electron chi connectivity index (χ2n) is 8.11. The van der Waals surface area contributed by atoms with Gasteiger partial charge in [0.2, 0.25) is 5.91 Å². The number of rotatable bonds is 8. The summed E-state index contributed by atoms with van der Waals surface area (Å²) in [7, 11) is 0. The molecule has 0 atom stereocenters. The van der Waals surface area contributed by atoms with Gasteiger partial charge < -0.3 is 10.2 Å². The smallest absolute Gasteiger partial charge is 0.221 e. The molecule has 0 radical (unpaired) electrons. The van der Waals surface area contributed by atoms with E-state index >= 15 is 0 Å². The molecule has 28 heavy (non-hydrogen) atoms. The number of Topliss-reactive ketones (excluding diaryl/α,β-unsaturated/α-hetero) is 2. The number of ketones is 2. The molecule has 0 unspecified atom stereocenters. The molecule has 7 heteroatoms. The lowest BCUT2D eigenvalue weighted by atomic mass is 9.98. The lowest BCUT2D eigenvalue weighted by molar-refractivity contribution is -0.124. The first-order valence-electron chi connectivity index (χ1n) is 9.65. The number of carbonyl (C=O) groups is 3. The maximum absolute atomic E-state index is 14.3. The maximum Gasteiger partial charge on any atom is 0.221 e. The highest BCUT2D eigenvalue weighted by atomic mass is 19.1. The SMILES string of the molecule is CC(=O)CC(C)(C)NC(=O)CCN1CCN(c2ccc(C(C)=O)cc2F)CC1. The quantitative estimate of drug-likeness (QED) is 0.689. The molecule has 0 saturated carbocycles. The predicted molar refractivity (Wildman–Crippen MR) is 107 cm³/mol. The summed E-state index contributed by atoms with van der Waals surface area (Å²) in [5, 5.41) is 2.91. The van der Waals surface area contributed by atoms with E-state index in [2.05, 4.69) is 10.2 Å². The summed E-state index contributed by atoms with van der Waals surface area (Å²) in [6.07, 6.45) is 0.675. The van der Waals surface area contributed by atoms with Crippen molar-refractivity contribution in [2.24, 2.45) is 0 Å². The Labute approximate surface area is 166 Å². The monoisotopic (exact) mass is 391 g/mol. The second kappa shape index (κ2) is 9.28. The molecule has 1 aliphatic rings. The Kier molecular flexibility index (Phi) is 7.29. The summed E-state index contributed by atoms with van der Waals surface area (Å²) in [5.41, 5.74) is 0.345. The topological polar surface area (TPSA) is 69.7 Å². The van der Waals surface area contributed by atoms with Crippen LogP contribution in [0.1, 0.15) is 50.9 Å². The molecule has 1 amide bonds. The van der Waals surface area contributed by atoms with Gasteiger partial charge in [-0.15, -0.1) is 0 Å². The Morgan fingerprint density at radius 1 is 1.11 bits per heavy atom. The van der Waals surface area contributed by atoms with Crippen molar-refractivity contribution in [3.05, 3.63) is 29.6 Å². The fraction of sp³-hybridized carbons (Fsp3) is 0.571. The van der Waals surface area contributed by atoms with Gasteiger partial charge in [-0.2, -0.15) is 0 Å². The summed E-state index contributed by atoms with van der Waals surface area (Å²) in [6, 6.07) is 4.60. The van der Waals surface area contributed by atoms with Crippen LogP contribution < -0.4 is 10.2 Å². The van der Waals surface area contributed by atoms with Crippen LogP contribution in [0.25, 0.3) is 0 Å². The molecule has 1 saturated heterocycles. The molecular formula is C21H30FN3O3. The first-order valence-corrected chi connectivity index (χ1v) is 9.65. The second-order valence-corrected chi connectivity index (χ2v) is 8.11. The standard InChI is InChI=1S/C21H30FN3O3/c1-15(26)14-21(3,4)23-20(28)7-8-24-9-11-25(12-10-24)19-6-5-17(16(2)27)13-18(19)22/h5-6,13H,7-12,14H2,1-4H3,(H,23,28). The van der Waals surface area contributed by atoms with Crippen LogP contribution in [0.15, 0.2) is 18.2 Å². The van der Waals surface area contributed by atoms with Gasteiger partial charge in [0, 0.05) is 56.7 Å². The van der Waals surface area contributed by atoms with Crippen LogP contribution in [0, 0.1) is 5.82 Å². The Morgan fingerprint density at radius 3 is 2.29 bits per heavy atom. The normalized spacial score (nSPS) is 15.4. The van der Waals surface area contributed by atoms with E-state index < -0.39 is 5.54 Å². The van der Waals surface area contributed by atoms with E-state index in [-0.39, 0.29) is 23.3 Å². The van der Waals surface area contributed by atoms with E-state index in [1.807, 2.05) is 18.7 Å². The van der Waals surface area contributed by atoms with Crippen LogP contribution in [0.3, 0.4) is 0 Å². The van der Waals surface area contributed by atoms with Gasteiger partial charge in [0.1, 0.15) is 11.6 Å². The van der Waals surface area contributed by atoms with Crippen molar-refractivity contribution in [3.63, 3.8) is 0 Å². The van der Waals surface area contributed by atoms with Crippen LogP contribution in [0.5, 0.6) is 0 Å². The minimum Gasteiger partial charge on any atom is -0.367 e. The zero-order chi connectivity index (χ0) is 20.9. The Morgan fingerprint density at radius 2 is 1.75 bits per heavy atom. The van der Waals surface area contributed by atoms with E-state index in [1.54, 1.807) is 12.1 Å². The predicted octanol–water partition coefficient (Wildman–Crippen LogP) is 2.41. The summed E-state index contributed by atoms with van der Waals surface area (Å²) in [4.78, 5) is 38.9. The molecule has 0 aliphatic carbocycles. The molecule has 1 N–H and O–H groups in total. The number of halogens is 1. The number of anilines is 1. The third-order valence-corrected chi connectivity index (χ3v) is 4.89. The number of carbonyl (C=O) groups excluding carboxylic acids is 3. The van der Waals surface area contributed by atoms with Crippen molar-refractivity contribution >= 4 is 23.2 Å². The van der Waals surface area contributed by atoms with E-state index in [1.165, 1.54) is 19.9 Å². The molecule has 0 bridgehead atoms. The van der Waals surface area contributed by atoms with Crippen LogP contribution in [-0.2, 0) is 9.59 Å². The van der Waals surface area contributed by atoms with E-state index in [4.69, 9.17) is 0 Å². The Hall–Kier alpha value is -2.28. The van der Waals surface area contributed by atoms with Gasteiger partial charge in [-0.1, -0.05) is 0 Å². The zero-order valence-electron chi connectivity index (χ0n) is 17.2. The van der Waals surface area contributed by atoms with Crippen LogP contribution in [-0.4, -0.2) is 60.6 Å². The van der Waals surface area contributed by atoms with Gasteiger partial charge in [-0.05, 0) is 45.9 Å². The number of piperazine rings is 1. The molecule has 2 rings (SSSR count). The summed E-state index contributed by atoms with van der Waals surface area (Å²) >= 11 is 0. The molecule has 154 valence electrons. The van der Waals surface area contributed by atoms with Gasteiger partial charge >= 0.3 is 0 Å². The highest BCUT2D eigenvalue weighted by Crippen LogP contribution is 2.22. The van der Waals surface area contributed by atoms with E-state index in [9.17, 15) is 18.8 Å². The third kappa shape index (κ3) is 6.41. The van der Waals surface area contributed by atoms with Gasteiger partial charge in [0.25, 0.3) is 0 Å². The summed E-state index contributed by atoms with van der Waals surface area (Å²) in [5.74, 6) is -0.558. The Balaban J connectivity index is 1.80. The fourth-order valence-corrected chi connectivity index (χ4v) is 3.56. The lowest BCUT2D eigenvalue weighted by Crippen LogP contribution is -2.49. The van der Waals surface area contributed by atoms with Crippen LogP contribution in [0.4, 0.5) is 10.1 Å². The first kappa shape index (κ1) is 22.0. The number of hydrogen-bond donors (Lipinski definition) is 1. The number of nitrogens with one attached hydrogen (secondary N) is 1. The lowest BCUT2D eigenvalue weighted by Gasteiger charge is -2.36. The van der Waals surface area contributed by atoms with E-state index in [0.29, 0.717) is 43.7 Å². The average molecular weight is 391 g/mol. The van der Waals surface area contributed by atoms with Gasteiger partial charge in [0.05, 0.1) is 5.69 Å².